The maximum Gasteiger partial charge on any atom is 0.224 e. The second-order valence-corrected chi connectivity index (χ2v) is 1.85. The first-order chi connectivity index (χ1) is 5.47. The van der Waals surface area contributed by atoms with E-state index in [0.29, 0.717) is 11.6 Å². The van der Waals surface area contributed by atoms with Gasteiger partial charge in [0.2, 0.25) is 5.76 Å². The highest BCUT2D eigenvalue weighted by Gasteiger charge is 2.02. The van der Waals surface area contributed by atoms with Crippen LogP contribution in [0.25, 0.3) is 11.6 Å². The first-order valence-corrected chi connectivity index (χ1v) is 3.01. The first-order valence-electron chi connectivity index (χ1n) is 3.01. The van der Waals surface area contributed by atoms with Crippen molar-refractivity contribution >= 4 is 0 Å². The van der Waals surface area contributed by atoms with Crippen molar-refractivity contribution in [3.8, 4) is 11.6 Å². The van der Waals surface area contributed by atoms with Gasteiger partial charge in [-0.1, -0.05) is 0 Å². The molecule has 2 heterocycles. The average molecular weight is 148 g/mol. The van der Waals surface area contributed by atoms with Crippen LogP contribution < -0.4 is 0 Å². The third-order valence-electron chi connectivity index (χ3n) is 1.15. The smallest absolute Gasteiger partial charge is 0.224 e. The van der Waals surface area contributed by atoms with E-state index >= 15 is 0 Å². The molecule has 0 aliphatic carbocycles. The Hall–Kier alpha value is -1.78. The predicted octanol–water partition coefficient (Wildman–Crippen LogP) is 0.527. The molecule has 0 spiro atoms. The highest BCUT2D eigenvalue weighted by molar-refractivity contribution is 5.42. The van der Waals surface area contributed by atoms with Crippen LogP contribution in [-0.2, 0) is 0 Å². The highest BCUT2D eigenvalue weighted by Crippen LogP contribution is 2.08. The fourth-order valence-electron chi connectivity index (χ4n) is 0.692. The summed E-state index contributed by atoms with van der Waals surface area (Å²) >= 11 is 0. The molecule has 0 amide bonds. The number of hydrogen-bond acceptors (Lipinski definition) is 5. The molecule has 0 bridgehead atoms. The minimum absolute atomic E-state index is 0.477. The molecule has 0 saturated heterocycles. The van der Waals surface area contributed by atoms with Crippen LogP contribution in [-0.4, -0.2) is 20.3 Å². The zero-order valence-electron chi connectivity index (χ0n) is 5.51. The summed E-state index contributed by atoms with van der Waals surface area (Å²) in [6, 6.07) is 1.73. The summed E-state index contributed by atoms with van der Waals surface area (Å²) < 4.78 is 4.73. The Balaban J connectivity index is 2.46. The van der Waals surface area contributed by atoms with E-state index in [4.69, 9.17) is 4.52 Å². The SMILES string of the molecule is c1cnc(-c2cnno2)nc1. The lowest BCUT2D eigenvalue weighted by atomic mass is 10.5. The van der Waals surface area contributed by atoms with Gasteiger partial charge in [-0.05, 0) is 6.07 Å². The molecule has 54 valence electrons. The summed E-state index contributed by atoms with van der Waals surface area (Å²) in [6.45, 7) is 0. The van der Waals surface area contributed by atoms with Crippen molar-refractivity contribution in [3.63, 3.8) is 0 Å². The van der Waals surface area contributed by atoms with Gasteiger partial charge < -0.3 is 4.52 Å². The third kappa shape index (κ3) is 1.07. The van der Waals surface area contributed by atoms with Gasteiger partial charge >= 0.3 is 0 Å². The van der Waals surface area contributed by atoms with Gasteiger partial charge in [0.15, 0.2) is 5.82 Å². The van der Waals surface area contributed by atoms with E-state index in [1.165, 1.54) is 6.20 Å². The van der Waals surface area contributed by atoms with Crippen molar-refractivity contribution in [2.24, 2.45) is 0 Å². The molecule has 2 rings (SSSR count). The lowest BCUT2D eigenvalue weighted by molar-refractivity contribution is 0.401. The molecule has 0 radical (unpaired) electrons. The van der Waals surface area contributed by atoms with Crippen molar-refractivity contribution in [3.05, 3.63) is 24.7 Å². The van der Waals surface area contributed by atoms with E-state index < -0.39 is 0 Å². The topological polar surface area (TPSA) is 64.7 Å². The van der Waals surface area contributed by atoms with E-state index in [1.54, 1.807) is 18.5 Å². The second-order valence-electron chi connectivity index (χ2n) is 1.85. The normalized spacial score (nSPS) is 9.82. The van der Waals surface area contributed by atoms with Crippen LogP contribution in [0.5, 0.6) is 0 Å². The molecule has 11 heavy (non-hydrogen) atoms. The Labute approximate surface area is 62.1 Å². The number of nitrogens with zero attached hydrogens (tertiary/aromatic N) is 4. The minimum atomic E-state index is 0.477. The van der Waals surface area contributed by atoms with Crippen LogP contribution in [0.4, 0.5) is 0 Å². The van der Waals surface area contributed by atoms with Gasteiger partial charge in [0.25, 0.3) is 0 Å². The Kier molecular flexibility index (Phi) is 1.33. The molecular weight excluding hydrogens is 144 g/mol. The van der Waals surface area contributed by atoms with Crippen molar-refractivity contribution in [1.82, 2.24) is 20.3 Å². The molecule has 0 fully saturated rings. The van der Waals surface area contributed by atoms with E-state index in [0.717, 1.165) is 0 Å². The number of rotatable bonds is 1. The second kappa shape index (κ2) is 2.45. The molecule has 0 atom stereocenters. The fraction of sp³-hybridized carbons (Fsp3) is 0. The maximum atomic E-state index is 4.73. The van der Waals surface area contributed by atoms with Crippen molar-refractivity contribution in [2.45, 2.75) is 0 Å². The molecule has 5 nitrogen and oxygen atoms in total. The molecule has 2 aromatic heterocycles. The first kappa shape index (κ1) is 5.96. The van der Waals surface area contributed by atoms with Gasteiger partial charge in [-0.3, -0.25) is 0 Å². The number of hydrogen-bond donors (Lipinski definition) is 0. The zero-order chi connectivity index (χ0) is 7.52. The van der Waals surface area contributed by atoms with Crippen LogP contribution >= 0.6 is 0 Å². The van der Waals surface area contributed by atoms with Crippen LogP contribution in [0.3, 0.4) is 0 Å². The van der Waals surface area contributed by atoms with Gasteiger partial charge in [-0.2, -0.15) is 0 Å². The van der Waals surface area contributed by atoms with Crippen LogP contribution in [0, 0.1) is 0 Å². The van der Waals surface area contributed by atoms with Crippen LogP contribution in [0.2, 0.25) is 0 Å². The van der Waals surface area contributed by atoms with Gasteiger partial charge in [0, 0.05) is 17.7 Å². The molecule has 0 saturated carbocycles. The Morgan fingerprint density at radius 2 is 2.00 bits per heavy atom. The van der Waals surface area contributed by atoms with E-state index in [1.807, 2.05) is 0 Å². The lowest BCUT2D eigenvalue weighted by Gasteiger charge is -1.87. The zero-order valence-corrected chi connectivity index (χ0v) is 5.51. The average Bonchev–Trinajstić information content (AvgIpc) is 2.58. The van der Waals surface area contributed by atoms with Crippen molar-refractivity contribution in [1.29, 1.82) is 0 Å². The summed E-state index contributed by atoms with van der Waals surface area (Å²) in [7, 11) is 0. The van der Waals surface area contributed by atoms with Gasteiger partial charge in [-0.15, -0.1) is 5.10 Å². The molecule has 5 heteroatoms. The van der Waals surface area contributed by atoms with Crippen LogP contribution in [0.1, 0.15) is 0 Å². The summed E-state index contributed by atoms with van der Waals surface area (Å²) in [5, 5.41) is 6.80. The summed E-state index contributed by atoms with van der Waals surface area (Å²) in [5.41, 5.74) is 0. The molecule has 0 aliphatic heterocycles. The summed E-state index contributed by atoms with van der Waals surface area (Å²) in [4.78, 5) is 7.87. The molecule has 0 N–H and O–H groups in total. The van der Waals surface area contributed by atoms with Crippen LogP contribution in [0.15, 0.2) is 29.2 Å². The summed E-state index contributed by atoms with van der Waals surface area (Å²) in [5.74, 6) is 0.975. The van der Waals surface area contributed by atoms with Gasteiger partial charge in [-0.25, -0.2) is 9.97 Å². The summed E-state index contributed by atoms with van der Waals surface area (Å²) in [6.07, 6.45) is 4.73. The maximum absolute atomic E-state index is 4.73. The van der Waals surface area contributed by atoms with Crippen molar-refractivity contribution in [2.75, 3.05) is 0 Å². The lowest BCUT2D eigenvalue weighted by Crippen LogP contribution is -1.83. The fourth-order valence-corrected chi connectivity index (χ4v) is 0.692. The Morgan fingerprint density at radius 3 is 2.64 bits per heavy atom. The molecule has 0 unspecified atom stereocenters. The van der Waals surface area contributed by atoms with E-state index in [2.05, 4.69) is 20.3 Å². The molecule has 2 aromatic rings. The van der Waals surface area contributed by atoms with E-state index in [9.17, 15) is 0 Å². The minimum Gasteiger partial charge on any atom is -0.333 e. The quantitative estimate of drug-likeness (QED) is 0.590. The number of aromatic nitrogens is 4. The monoisotopic (exact) mass is 148 g/mol. The molecular formula is C6H4N4O. The predicted molar refractivity (Wildman–Crippen MR) is 35.3 cm³/mol. The molecule has 0 aliphatic rings. The Bertz CT molecular complexity index is 318. The standard InChI is InChI=1S/C6H4N4O/c1-2-7-6(8-3-1)5-4-9-10-11-5/h1-4H. The van der Waals surface area contributed by atoms with Gasteiger partial charge in [0.1, 0.15) is 6.20 Å². The molecule has 0 aromatic carbocycles. The largest absolute Gasteiger partial charge is 0.333 e. The van der Waals surface area contributed by atoms with Crippen molar-refractivity contribution < 1.29 is 4.52 Å². The Morgan fingerprint density at radius 1 is 1.18 bits per heavy atom. The van der Waals surface area contributed by atoms with E-state index in [-0.39, 0.29) is 0 Å². The third-order valence-corrected chi connectivity index (χ3v) is 1.15. The highest BCUT2D eigenvalue weighted by atomic mass is 16.5. The van der Waals surface area contributed by atoms with Gasteiger partial charge in [0.05, 0.1) is 0 Å².